The molecule has 1 aliphatic carbocycles. The van der Waals surface area contributed by atoms with Crippen LogP contribution in [0.2, 0.25) is 0 Å². The van der Waals surface area contributed by atoms with E-state index in [-0.39, 0.29) is 12.4 Å². The van der Waals surface area contributed by atoms with Crippen molar-refractivity contribution in [2.75, 3.05) is 19.7 Å². The minimum Gasteiger partial charge on any atom is -0.395 e. The molecule has 1 aliphatic rings. The molecule has 0 amide bonds. The highest BCUT2D eigenvalue weighted by Crippen LogP contribution is 2.23. The van der Waals surface area contributed by atoms with Crippen LogP contribution in [0.4, 0.5) is 0 Å². The Bertz CT molecular complexity index is 358. The Hall–Kier alpha value is -0.710. The number of hydrogen-bond acceptors (Lipinski definition) is 4. The van der Waals surface area contributed by atoms with Crippen molar-refractivity contribution in [3.8, 4) is 0 Å². The highest BCUT2D eigenvalue weighted by atomic mass is 32.1. The first-order valence-corrected chi connectivity index (χ1v) is 7.61. The zero-order valence-corrected chi connectivity index (χ0v) is 11.5. The summed E-state index contributed by atoms with van der Waals surface area (Å²) in [5, 5.41) is 11.1. The molecule has 1 N–H and O–H groups in total. The zero-order valence-electron chi connectivity index (χ0n) is 10.7. The van der Waals surface area contributed by atoms with Gasteiger partial charge in [-0.1, -0.05) is 25.3 Å². The van der Waals surface area contributed by atoms with Crippen molar-refractivity contribution in [1.29, 1.82) is 0 Å². The maximum Gasteiger partial charge on any atom is 0.186 e. The van der Waals surface area contributed by atoms with Gasteiger partial charge in [0.1, 0.15) is 0 Å². The Balaban J connectivity index is 1.94. The van der Waals surface area contributed by atoms with Gasteiger partial charge in [0.05, 0.1) is 18.0 Å². The first-order valence-electron chi connectivity index (χ1n) is 6.73. The minimum absolute atomic E-state index is 0.133. The molecule has 0 aromatic carbocycles. The van der Waals surface area contributed by atoms with Gasteiger partial charge in [0.2, 0.25) is 0 Å². The topological polar surface area (TPSA) is 40.5 Å². The Kier molecular flexibility index (Phi) is 5.35. The van der Waals surface area contributed by atoms with Crippen LogP contribution in [0.3, 0.4) is 0 Å². The third-order valence-electron chi connectivity index (χ3n) is 3.62. The van der Waals surface area contributed by atoms with Crippen molar-refractivity contribution >= 4 is 17.1 Å². The van der Waals surface area contributed by atoms with Crippen LogP contribution < -0.4 is 0 Å². The normalized spacial score (nSPS) is 17.2. The van der Waals surface area contributed by atoms with Gasteiger partial charge in [0.25, 0.3) is 0 Å². The molecule has 0 aliphatic heterocycles. The second-order valence-corrected chi connectivity index (χ2v) is 5.83. The summed E-state index contributed by atoms with van der Waals surface area (Å²) in [5.41, 5.74) is 0. The highest BCUT2D eigenvalue weighted by molar-refractivity contribution is 7.12. The van der Waals surface area contributed by atoms with E-state index >= 15 is 0 Å². The molecular weight excluding hydrogens is 246 g/mol. The maximum atomic E-state index is 12.1. The number of carbonyl (C=O) groups is 1. The molecule has 0 spiro atoms. The number of thiophene rings is 1. The molecule has 100 valence electrons. The third kappa shape index (κ3) is 3.64. The van der Waals surface area contributed by atoms with Gasteiger partial charge in [-0.3, -0.25) is 9.69 Å². The maximum absolute atomic E-state index is 12.1. The van der Waals surface area contributed by atoms with E-state index in [0.29, 0.717) is 19.1 Å². The Morgan fingerprint density at radius 2 is 2.17 bits per heavy atom. The number of Topliss-reactive ketones (excluding diaryl/α,β-unsaturated/α-hetero) is 1. The van der Waals surface area contributed by atoms with Crippen molar-refractivity contribution in [2.24, 2.45) is 0 Å². The lowest BCUT2D eigenvalue weighted by Gasteiger charge is -2.33. The average Bonchev–Trinajstić information content (AvgIpc) is 2.93. The lowest BCUT2D eigenvalue weighted by molar-refractivity contribution is 0.0818. The molecule has 3 nitrogen and oxygen atoms in total. The van der Waals surface area contributed by atoms with Crippen molar-refractivity contribution in [3.05, 3.63) is 22.4 Å². The summed E-state index contributed by atoms with van der Waals surface area (Å²) < 4.78 is 0. The first-order chi connectivity index (χ1) is 8.81. The largest absolute Gasteiger partial charge is 0.395 e. The molecule has 18 heavy (non-hydrogen) atoms. The highest BCUT2D eigenvalue weighted by Gasteiger charge is 2.23. The van der Waals surface area contributed by atoms with Crippen LogP contribution in [0.1, 0.15) is 41.8 Å². The molecular formula is C14H21NO2S. The minimum atomic E-state index is 0.133. The van der Waals surface area contributed by atoms with Crippen LogP contribution >= 0.6 is 11.3 Å². The first kappa shape index (κ1) is 13.7. The molecule has 2 rings (SSSR count). The van der Waals surface area contributed by atoms with Crippen molar-refractivity contribution in [2.45, 2.75) is 38.1 Å². The zero-order chi connectivity index (χ0) is 12.8. The molecule has 0 saturated heterocycles. The summed E-state index contributed by atoms with van der Waals surface area (Å²) in [6.07, 6.45) is 6.14. The lowest BCUT2D eigenvalue weighted by Crippen LogP contribution is -2.41. The molecule has 1 aromatic rings. The second kappa shape index (κ2) is 7.02. The van der Waals surface area contributed by atoms with Gasteiger partial charge in [-0.15, -0.1) is 11.3 Å². The van der Waals surface area contributed by atoms with E-state index in [0.717, 1.165) is 17.7 Å². The Labute approximate surface area is 112 Å². The average molecular weight is 267 g/mol. The Morgan fingerprint density at radius 1 is 1.39 bits per heavy atom. The van der Waals surface area contributed by atoms with E-state index in [4.69, 9.17) is 5.11 Å². The van der Waals surface area contributed by atoms with Crippen molar-refractivity contribution in [1.82, 2.24) is 4.90 Å². The summed E-state index contributed by atoms with van der Waals surface area (Å²) in [6.45, 7) is 1.20. The summed E-state index contributed by atoms with van der Waals surface area (Å²) in [5.74, 6) is 0.184. The standard InChI is InChI=1S/C14H21NO2S/c16-9-8-15(12-5-2-1-3-6-12)11-13(17)14-7-4-10-18-14/h4,7,10,12,16H,1-3,5-6,8-9,11H2. The van der Waals surface area contributed by atoms with E-state index in [1.807, 2.05) is 17.5 Å². The van der Waals surface area contributed by atoms with Crippen molar-refractivity contribution in [3.63, 3.8) is 0 Å². The van der Waals surface area contributed by atoms with Crippen LogP contribution in [-0.4, -0.2) is 41.5 Å². The Morgan fingerprint density at radius 3 is 2.78 bits per heavy atom. The van der Waals surface area contributed by atoms with E-state index < -0.39 is 0 Å². The molecule has 1 aromatic heterocycles. The molecule has 0 radical (unpaired) electrons. The quantitative estimate of drug-likeness (QED) is 0.805. The number of rotatable bonds is 6. The summed E-state index contributed by atoms with van der Waals surface area (Å²) in [7, 11) is 0. The van der Waals surface area contributed by atoms with Gasteiger partial charge in [0.15, 0.2) is 5.78 Å². The van der Waals surface area contributed by atoms with Gasteiger partial charge >= 0.3 is 0 Å². The fraction of sp³-hybridized carbons (Fsp3) is 0.643. The van der Waals surface area contributed by atoms with Gasteiger partial charge in [-0.25, -0.2) is 0 Å². The van der Waals surface area contributed by atoms with E-state index in [1.165, 1.54) is 30.6 Å². The van der Waals surface area contributed by atoms with E-state index in [9.17, 15) is 4.79 Å². The molecule has 4 heteroatoms. The van der Waals surface area contributed by atoms with E-state index in [1.54, 1.807) is 0 Å². The number of nitrogens with zero attached hydrogens (tertiary/aromatic N) is 1. The van der Waals surface area contributed by atoms with Crippen LogP contribution in [-0.2, 0) is 0 Å². The van der Waals surface area contributed by atoms with Crippen LogP contribution in [0.25, 0.3) is 0 Å². The molecule has 1 fully saturated rings. The monoisotopic (exact) mass is 267 g/mol. The summed E-state index contributed by atoms with van der Waals surface area (Å²) in [6, 6.07) is 4.27. The second-order valence-electron chi connectivity index (χ2n) is 4.89. The number of hydrogen-bond donors (Lipinski definition) is 1. The van der Waals surface area contributed by atoms with Gasteiger partial charge in [-0.05, 0) is 24.3 Å². The molecule has 0 atom stereocenters. The summed E-state index contributed by atoms with van der Waals surface area (Å²) in [4.78, 5) is 15.1. The van der Waals surface area contributed by atoms with Crippen molar-refractivity contribution < 1.29 is 9.90 Å². The third-order valence-corrected chi connectivity index (χ3v) is 4.53. The number of aliphatic hydroxyl groups excluding tert-OH is 1. The number of carbonyl (C=O) groups excluding carboxylic acids is 1. The van der Waals surface area contributed by atoms with Gasteiger partial charge in [-0.2, -0.15) is 0 Å². The fourth-order valence-corrected chi connectivity index (χ4v) is 3.32. The predicted molar refractivity (Wildman–Crippen MR) is 74.2 cm³/mol. The molecule has 0 unspecified atom stereocenters. The predicted octanol–water partition coefficient (Wildman–Crippen LogP) is 2.56. The molecule has 1 heterocycles. The smallest absolute Gasteiger partial charge is 0.186 e. The fourth-order valence-electron chi connectivity index (χ4n) is 2.66. The number of aliphatic hydroxyl groups is 1. The van der Waals surface area contributed by atoms with Crippen LogP contribution in [0.15, 0.2) is 17.5 Å². The number of ketones is 1. The SMILES string of the molecule is O=C(CN(CCO)C1CCCCC1)c1cccs1. The lowest BCUT2D eigenvalue weighted by atomic mass is 9.94. The molecule has 1 saturated carbocycles. The van der Waals surface area contributed by atoms with Gasteiger partial charge < -0.3 is 5.11 Å². The van der Waals surface area contributed by atoms with Crippen LogP contribution in [0, 0.1) is 0 Å². The summed E-state index contributed by atoms with van der Waals surface area (Å²) >= 11 is 1.50. The molecule has 0 bridgehead atoms. The van der Waals surface area contributed by atoms with Crippen LogP contribution in [0.5, 0.6) is 0 Å². The van der Waals surface area contributed by atoms with Gasteiger partial charge in [0, 0.05) is 12.6 Å². The van der Waals surface area contributed by atoms with E-state index in [2.05, 4.69) is 4.90 Å².